The fourth-order valence-electron chi connectivity index (χ4n) is 4.37. The van der Waals surface area contributed by atoms with Crippen LogP contribution in [-0.2, 0) is 4.74 Å². The molecule has 2 aromatic carbocycles. The molecular weight excluding hydrogens is 368 g/mol. The number of ether oxygens (including phenoxy) is 2. The van der Waals surface area contributed by atoms with Crippen LogP contribution in [0.1, 0.15) is 34.8 Å². The van der Waals surface area contributed by atoms with Crippen LogP contribution in [0, 0.1) is 0 Å². The Bertz CT molecular complexity index is 836. The number of benzene rings is 2. The molecule has 0 spiro atoms. The van der Waals surface area contributed by atoms with E-state index >= 15 is 0 Å². The average molecular weight is 396 g/mol. The van der Waals surface area contributed by atoms with Crippen LogP contribution < -0.4 is 4.74 Å². The molecule has 29 heavy (non-hydrogen) atoms. The number of nitrogens with zero attached hydrogens (tertiary/aromatic N) is 2. The van der Waals surface area contributed by atoms with Crippen LogP contribution in [0.3, 0.4) is 0 Å². The third-order valence-electron chi connectivity index (χ3n) is 5.82. The number of aromatic hydroxyl groups is 1. The Kier molecular flexibility index (Phi) is 6.02. The molecule has 0 aromatic heterocycles. The molecule has 2 atom stereocenters. The molecule has 0 unspecified atom stereocenters. The van der Waals surface area contributed by atoms with Crippen molar-refractivity contribution in [2.75, 3.05) is 39.9 Å². The van der Waals surface area contributed by atoms with Gasteiger partial charge in [0.15, 0.2) is 11.5 Å². The van der Waals surface area contributed by atoms with Crippen molar-refractivity contribution in [3.63, 3.8) is 0 Å². The minimum Gasteiger partial charge on any atom is -0.504 e. The summed E-state index contributed by atoms with van der Waals surface area (Å²) in [6.07, 6.45) is 2.35. The number of amides is 1. The maximum Gasteiger partial charge on any atom is 0.254 e. The summed E-state index contributed by atoms with van der Waals surface area (Å²) in [6.45, 7) is 4.01. The van der Waals surface area contributed by atoms with E-state index in [0.29, 0.717) is 24.5 Å². The molecule has 0 bridgehead atoms. The molecule has 2 aromatic rings. The lowest BCUT2D eigenvalue weighted by Gasteiger charge is -2.42. The number of methoxy groups -OCH3 is 1. The Morgan fingerprint density at radius 3 is 2.59 bits per heavy atom. The Hall–Kier alpha value is -2.57. The summed E-state index contributed by atoms with van der Waals surface area (Å²) in [5.41, 5.74) is 1.52. The molecule has 0 aliphatic carbocycles. The molecule has 2 heterocycles. The van der Waals surface area contributed by atoms with E-state index in [0.717, 1.165) is 25.2 Å². The summed E-state index contributed by atoms with van der Waals surface area (Å²) in [4.78, 5) is 17.7. The number of phenolic OH excluding ortho intramolecular Hbond substituents is 1. The van der Waals surface area contributed by atoms with E-state index < -0.39 is 0 Å². The predicted octanol–water partition coefficient (Wildman–Crippen LogP) is 3.08. The van der Waals surface area contributed by atoms with Crippen LogP contribution in [0.25, 0.3) is 0 Å². The van der Waals surface area contributed by atoms with Crippen molar-refractivity contribution in [2.45, 2.75) is 25.0 Å². The van der Waals surface area contributed by atoms with E-state index in [4.69, 9.17) is 9.47 Å². The first-order valence-electron chi connectivity index (χ1n) is 10.2. The first kappa shape index (κ1) is 19.7. The van der Waals surface area contributed by atoms with Gasteiger partial charge in [-0.15, -0.1) is 0 Å². The van der Waals surface area contributed by atoms with Gasteiger partial charge in [-0.1, -0.05) is 30.3 Å². The van der Waals surface area contributed by atoms with Crippen LogP contribution in [0.5, 0.6) is 11.5 Å². The zero-order valence-electron chi connectivity index (χ0n) is 16.8. The van der Waals surface area contributed by atoms with E-state index in [1.165, 1.54) is 26.0 Å². The molecule has 154 valence electrons. The van der Waals surface area contributed by atoms with Gasteiger partial charge in [-0.3, -0.25) is 4.79 Å². The Morgan fingerprint density at radius 2 is 1.90 bits per heavy atom. The van der Waals surface area contributed by atoms with Gasteiger partial charge < -0.3 is 24.4 Å². The van der Waals surface area contributed by atoms with E-state index in [-0.39, 0.29) is 23.8 Å². The highest BCUT2D eigenvalue weighted by Crippen LogP contribution is 2.33. The number of hydrogen-bond donors (Lipinski definition) is 1. The monoisotopic (exact) mass is 396 g/mol. The molecule has 0 saturated carbocycles. The van der Waals surface area contributed by atoms with Crippen molar-refractivity contribution in [3.8, 4) is 11.5 Å². The first-order chi connectivity index (χ1) is 14.2. The highest BCUT2D eigenvalue weighted by Gasteiger charge is 2.38. The number of morpholine rings is 1. The molecule has 2 aliphatic heterocycles. The predicted molar refractivity (Wildman–Crippen MR) is 110 cm³/mol. The van der Waals surface area contributed by atoms with Gasteiger partial charge in [0, 0.05) is 18.7 Å². The molecule has 1 amide bonds. The number of carbonyl (C=O) groups excluding carboxylic acids is 1. The Balaban J connectivity index is 1.64. The van der Waals surface area contributed by atoms with Crippen LogP contribution in [0.4, 0.5) is 0 Å². The van der Waals surface area contributed by atoms with Gasteiger partial charge in [0.1, 0.15) is 0 Å². The Morgan fingerprint density at radius 1 is 1.14 bits per heavy atom. The van der Waals surface area contributed by atoms with Gasteiger partial charge in [-0.25, -0.2) is 0 Å². The third kappa shape index (κ3) is 4.23. The smallest absolute Gasteiger partial charge is 0.254 e. The third-order valence-corrected chi connectivity index (χ3v) is 5.82. The molecule has 1 N–H and O–H groups in total. The second-order valence-corrected chi connectivity index (χ2v) is 7.66. The van der Waals surface area contributed by atoms with Crippen LogP contribution in [0.2, 0.25) is 0 Å². The largest absolute Gasteiger partial charge is 0.504 e. The van der Waals surface area contributed by atoms with E-state index in [1.807, 2.05) is 23.1 Å². The molecular formula is C23H28N2O4. The average Bonchev–Trinajstić information content (AvgIpc) is 3.26. The van der Waals surface area contributed by atoms with Crippen molar-refractivity contribution < 1.29 is 19.4 Å². The van der Waals surface area contributed by atoms with Crippen LogP contribution >= 0.6 is 0 Å². The van der Waals surface area contributed by atoms with Crippen molar-refractivity contribution in [3.05, 3.63) is 59.7 Å². The van der Waals surface area contributed by atoms with Gasteiger partial charge in [0.2, 0.25) is 0 Å². The lowest BCUT2D eigenvalue weighted by molar-refractivity contribution is -0.0707. The standard InChI is InChI=1S/C23H28N2O4/c1-28-20-10-9-18(15-19(20)26)23(27)25-13-14-29-21(16-24-11-5-6-12-24)22(25)17-7-3-2-4-8-17/h2-4,7-10,15,21-22,26H,5-6,11-14,16H2,1H3/t21-,22-/m0/s1. The summed E-state index contributed by atoms with van der Waals surface area (Å²) in [7, 11) is 1.49. The highest BCUT2D eigenvalue weighted by molar-refractivity contribution is 5.95. The van der Waals surface area contributed by atoms with E-state index in [2.05, 4.69) is 17.0 Å². The van der Waals surface area contributed by atoms with Crippen molar-refractivity contribution in [1.29, 1.82) is 0 Å². The fraction of sp³-hybridized carbons (Fsp3) is 0.435. The van der Waals surface area contributed by atoms with Crippen LogP contribution in [-0.4, -0.2) is 66.8 Å². The maximum atomic E-state index is 13.4. The van der Waals surface area contributed by atoms with Crippen molar-refractivity contribution >= 4 is 5.91 Å². The van der Waals surface area contributed by atoms with Crippen molar-refractivity contribution in [1.82, 2.24) is 9.80 Å². The molecule has 4 rings (SSSR count). The summed E-state index contributed by atoms with van der Waals surface area (Å²) in [5.74, 6) is 0.220. The number of rotatable bonds is 5. The van der Waals surface area contributed by atoms with Gasteiger partial charge >= 0.3 is 0 Å². The van der Waals surface area contributed by atoms with Gasteiger partial charge in [-0.2, -0.15) is 0 Å². The lowest BCUT2D eigenvalue weighted by Crippen LogP contribution is -2.51. The first-order valence-corrected chi connectivity index (χ1v) is 10.2. The van der Waals surface area contributed by atoms with E-state index in [1.54, 1.807) is 12.1 Å². The maximum absolute atomic E-state index is 13.4. The molecule has 2 saturated heterocycles. The zero-order chi connectivity index (χ0) is 20.2. The molecule has 2 fully saturated rings. The molecule has 6 heteroatoms. The molecule has 6 nitrogen and oxygen atoms in total. The summed E-state index contributed by atoms with van der Waals surface area (Å²) in [5, 5.41) is 10.1. The summed E-state index contributed by atoms with van der Waals surface area (Å²) >= 11 is 0. The zero-order valence-corrected chi connectivity index (χ0v) is 16.8. The quantitative estimate of drug-likeness (QED) is 0.842. The number of likely N-dealkylation sites (tertiary alicyclic amines) is 1. The fourth-order valence-corrected chi connectivity index (χ4v) is 4.37. The minimum absolute atomic E-state index is 0.0310. The number of hydrogen-bond acceptors (Lipinski definition) is 5. The number of carbonyl (C=O) groups is 1. The van der Waals surface area contributed by atoms with Gasteiger partial charge in [0.25, 0.3) is 5.91 Å². The SMILES string of the molecule is COc1ccc(C(=O)N2CCO[C@@H](CN3CCCC3)[C@@H]2c2ccccc2)cc1O. The van der Waals surface area contributed by atoms with Gasteiger partial charge in [0.05, 0.1) is 25.9 Å². The Labute approximate surface area is 171 Å². The minimum atomic E-state index is -0.165. The second kappa shape index (κ2) is 8.84. The second-order valence-electron chi connectivity index (χ2n) is 7.66. The van der Waals surface area contributed by atoms with Crippen LogP contribution in [0.15, 0.2) is 48.5 Å². The number of phenols is 1. The highest BCUT2D eigenvalue weighted by atomic mass is 16.5. The summed E-state index contributed by atoms with van der Waals surface area (Å²) < 4.78 is 11.3. The topological polar surface area (TPSA) is 62.2 Å². The molecule has 2 aliphatic rings. The van der Waals surface area contributed by atoms with Crippen molar-refractivity contribution in [2.24, 2.45) is 0 Å². The lowest BCUT2D eigenvalue weighted by atomic mass is 9.96. The van der Waals surface area contributed by atoms with Gasteiger partial charge in [-0.05, 0) is 49.7 Å². The molecule has 0 radical (unpaired) electrons. The summed E-state index contributed by atoms with van der Waals surface area (Å²) in [6, 6.07) is 14.7. The normalized spacial score (nSPS) is 22.6. The van der Waals surface area contributed by atoms with E-state index in [9.17, 15) is 9.90 Å².